The smallest absolute Gasteiger partial charge is 0.321 e. The van der Waals surface area contributed by atoms with Gasteiger partial charge in [-0.2, -0.15) is 0 Å². The summed E-state index contributed by atoms with van der Waals surface area (Å²) in [5, 5.41) is 13.9. The van der Waals surface area contributed by atoms with Gasteiger partial charge in [0.05, 0.1) is 5.75 Å². The summed E-state index contributed by atoms with van der Waals surface area (Å²) in [5.41, 5.74) is 2.41. The van der Waals surface area contributed by atoms with Gasteiger partial charge >= 0.3 is 6.03 Å². The molecule has 0 fully saturated rings. The first-order chi connectivity index (χ1) is 16.1. The molecule has 0 radical (unpaired) electrons. The van der Waals surface area contributed by atoms with Crippen molar-refractivity contribution in [1.82, 2.24) is 25.4 Å². The van der Waals surface area contributed by atoms with Gasteiger partial charge in [-0.3, -0.25) is 14.7 Å². The molecular weight excluding hydrogens is 441 g/mol. The molecule has 0 aliphatic heterocycles. The lowest BCUT2D eigenvalue weighted by Crippen LogP contribution is -2.40. The van der Waals surface area contributed by atoms with Crippen molar-refractivity contribution in [2.75, 3.05) is 5.75 Å². The van der Waals surface area contributed by atoms with Crippen LogP contribution < -0.4 is 10.6 Å². The van der Waals surface area contributed by atoms with Crippen LogP contribution in [0.4, 0.5) is 9.18 Å². The first kappa shape index (κ1) is 22.2. The van der Waals surface area contributed by atoms with Gasteiger partial charge in [-0.05, 0) is 29.8 Å². The quantitative estimate of drug-likeness (QED) is 0.403. The number of carbonyl (C=O) groups excluding carboxylic acids is 2. The summed E-state index contributed by atoms with van der Waals surface area (Å²) >= 11 is 1.13. The number of imide groups is 1. The van der Waals surface area contributed by atoms with Gasteiger partial charge in [0.2, 0.25) is 5.91 Å². The van der Waals surface area contributed by atoms with Crippen LogP contribution in [0, 0.1) is 5.82 Å². The first-order valence-corrected chi connectivity index (χ1v) is 11.1. The molecule has 9 heteroatoms. The largest absolute Gasteiger partial charge is 0.334 e. The Bertz CT molecular complexity index is 1230. The molecule has 0 atom stereocenters. The summed E-state index contributed by atoms with van der Waals surface area (Å²) in [6.07, 6.45) is 0. The topological polar surface area (TPSA) is 88.9 Å². The molecule has 7 nitrogen and oxygen atoms in total. The van der Waals surface area contributed by atoms with Crippen molar-refractivity contribution in [3.63, 3.8) is 0 Å². The SMILES string of the molecule is O=C(CSc1nnc(-c2ccccc2)n1-c1ccc(F)cc1)NC(=O)NCc1ccccc1. The highest BCUT2D eigenvalue weighted by molar-refractivity contribution is 7.99. The van der Waals surface area contributed by atoms with Crippen LogP contribution in [0.1, 0.15) is 5.56 Å². The molecule has 33 heavy (non-hydrogen) atoms. The van der Waals surface area contributed by atoms with Gasteiger partial charge in [0, 0.05) is 17.8 Å². The molecule has 0 aliphatic rings. The molecular formula is C24H20FN5O2S. The number of nitrogens with zero attached hydrogens (tertiary/aromatic N) is 3. The Morgan fingerprint density at radius 2 is 1.55 bits per heavy atom. The normalized spacial score (nSPS) is 10.6. The molecule has 3 aromatic carbocycles. The number of halogens is 1. The minimum absolute atomic E-state index is 0.0487. The molecule has 0 saturated heterocycles. The van der Waals surface area contributed by atoms with E-state index in [1.165, 1.54) is 12.1 Å². The molecule has 1 heterocycles. The highest BCUT2D eigenvalue weighted by Crippen LogP contribution is 2.27. The highest BCUT2D eigenvalue weighted by atomic mass is 32.2. The number of benzene rings is 3. The van der Waals surface area contributed by atoms with E-state index in [0.717, 1.165) is 22.9 Å². The molecule has 0 bridgehead atoms. The van der Waals surface area contributed by atoms with Gasteiger partial charge in [-0.25, -0.2) is 9.18 Å². The third-order valence-corrected chi connectivity index (χ3v) is 5.56. The van der Waals surface area contributed by atoms with E-state index >= 15 is 0 Å². The summed E-state index contributed by atoms with van der Waals surface area (Å²) in [7, 11) is 0. The lowest BCUT2D eigenvalue weighted by molar-refractivity contribution is -0.117. The van der Waals surface area contributed by atoms with Crippen molar-refractivity contribution in [2.24, 2.45) is 0 Å². The van der Waals surface area contributed by atoms with Crippen LogP contribution in [0.5, 0.6) is 0 Å². The third kappa shape index (κ3) is 5.83. The molecule has 2 N–H and O–H groups in total. The lowest BCUT2D eigenvalue weighted by Gasteiger charge is -2.10. The zero-order valence-corrected chi connectivity index (χ0v) is 18.3. The van der Waals surface area contributed by atoms with E-state index < -0.39 is 11.9 Å². The molecule has 0 unspecified atom stereocenters. The van der Waals surface area contributed by atoms with Gasteiger partial charge in [0.1, 0.15) is 5.82 Å². The monoisotopic (exact) mass is 461 g/mol. The summed E-state index contributed by atoms with van der Waals surface area (Å²) in [6.45, 7) is 0.312. The molecule has 4 rings (SSSR count). The number of hydrogen-bond donors (Lipinski definition) is 2. The second-order valence-electron chi connectivity index (χ2n) is 6.99. The Labute approximate surface area is 194 Å². The van der Waals surface area contributed by atoms with Crippen LogP contribution in [-0.4, -0.2) is 32.5 Å². The third-order valence-electron chi connectivity index (χ3n) is 4.63. The van der Waals surface area contributed by atoms with Crippen LogP contribution >= 0.6 is 11.8 Å². The van der Waals surface area contributed by atoms with Crippen LogP contribution in [0.2, 0.25) is 0 Å². The number of rotatable bonds is 7. The van der Waals surface area contributed by atoms with E-state index in [9.17, 15) is 14.0 Å². The number of aromatic nitrogens is 3. The van der Waals surface area contributed by atoms with Gasteiger partial charge in [0.25, 0.3) is 0 Å². The zero-order chi connectivity index (χ0) is 23.0. The Balaban J connectivity index is 1.44. The Morgan fingerprint density at radius 1 is 0.879 bits per heavy atom. The van der Waals surface area contributed by atoms with E-state index in [4.69, 9.17) is 0 Å². The summed E-state index contributed by atoms with van der Waals surface area (Å²) < 4.78 is 15.2. The molecule has 3 amide bonds. The van der Waals surface area contributed by atoms with Crippen molar-refractivity contribution in [3.8, 4) is 17.1 Å². The number of thioether (sulfide) groups is 1. The van der Waals surface area contributed by atoms with Crippen molar-refractivity contribution in [2.45, 2.75) is 11.7 Å². The van der Waals surface area contributed by atoms with E-state index in [-0.39, 0.29) is 11.6 Å². The molecule has 0 aliphatic carbocycles. The molecule has 0 spiro atoms. The van der Waals surface area contributed by atoms with E-state index in [2.05, 4.69) is 20.8 Å². The number of urea groups is 1. The maximum atomic E-state index is 13.5. The average Bonchev–Trinajstić information content (AvgIpc) is 3.27. The first-order valence-electron chi connectivity index (χ1n) is 10.1. The van der Waals surface area contributed by atoms with Gasteiger partial charge < -0.3 is 5.32 Å². The van der Waals surface area contributed by atoms with E-state index in [0.29, 0.717) is 23.2 Å². The number of nitrogens with one attached hydrogen (secondary N) is 2. The predicted octanol–water partition coefficient (Wildman–Crippen LogP) is 4.19. The second kappa shape index (κ2) is 10.6. The zero-order valence-electron chi connectivity index (χ0n) is 17.4. The number of amides is 3. The van der Waals surface area contributed by atoms with Gasteiger partial charge in [0.15, 0.2) is 11.0 Å². The standard InChI is InChI=1S/C24H20FN5O2S/c25-19-11-13-20(14-12-19)30-22(18-9-5-2-6-10-18)28-29-24(30)33-16-21(31)27-23(32)26-15-17-7-3-1-4-8-17/h1-14H,15-16H2,(H2,26,27,31,32). The lowest BCUT2D eigenvalue weighted by atomic mass is 10.2. The van der Waals surface area contributed by atoms with Gasteiger partial charge in [-0.15, -0.1) is 10.2 Å². The van der Waals surface area contributed by atoms with Crippen LogP contribution in [0.3, 0.4) is 0 Å². The molecule has 166 valence electrons. The van der Waals surface area contributed by atoms with Crippen LogP contribution in [-0.2, 0) is 11.3 Å². The maximum Gasteiger partial charge on any atom is 0.321 e. The minimum Gasteiger partial charge on any atom is -0.334 e. The maximum absolute atomic E-state index is 13.5. The van der Waals surface area contributed by atoms with Crippen molar-refractivity contribution in [3.05, 3.63) is 96.3 Å². The fraction of sp³-hybridized carbons (Fsp3) is 0.0833. The fourth-order valence-electron chi connectivity index (χ4n) is 3.08. The second-order valence-corrected chi connectivity index (χ2v) is 7.93. The van der Waals surface area contributed by atoms with Crippen molar-refractivity contribution >= 4 is 23.7 Å². The van der Waals surface area contributed by atoms with Crippen LogP contribution in [0.15, 0.2) is 90.1 Å². The van der Waals surface area contributed by atoms with E-state index in [1.807, 2.05) is 60.7 Å². The van der Waals surface area contributed by atoms with Crippen molar-refractivity contribution < 1.29 is 14.0 Å². The van der Waals surface area contributed by atoms with Gasteiger partial charge in [-0.1, -0.05) is 72.4 Å². The van der Waals surface area contributed by atoms with Crippen LogP contribution in [0.25, 0.3) is 17.1 Å². The summed E-state index contributed by atoms with van der Waals surface area (Å²) in [5.74, 6) is -0.318. The van der Waals surface area contributed by atoms with Crippen molar-refractivity contribution in [1.29, 1.82) is 0 Å². The molecule has 4 aromatic rings. The summed E-state index contributed by atoms with van der Waals surface area (Å²) in [4.78, 5) is 24.3. The van der Waals surface area contributed by atoms with E-state index in [1.54, 1.807) is 16.7 Å². The summed E-state index contributed by atoms with van der Waals surface area (Å²) in [6, 6.07) is 24.2. The number of carbonyl (C=O) groups is 2. The number of hydrogen-bond acceptors (Lipinski definition) is 5. The Morgan fingerprint density at radius 3 is 2.24 bits per heavy atom. The predicted molar refractivity (Wildman–Crippen MR) is 124 cm³/mol. The average molecular weight is 462 g/mol. The Hall–Kier alpha value is -3.98. The molecule has 1 aromatic heterocycles. The highest BCUT2D eigenvalue weighted by Gasteiger charge is 2.18. The molecule has 0 saturated carbocycles. The fourth-order valence-corrected chi connectivity index (χ4v) is 3.83. The minimum atomic E-state index is -0.575. The Kier molecular flexibility index (Phi) is 7.11.